The smallest absolute Gasteiger partial charge is 0.303 e. The number of amides is 18. The second kappa shape index (κ2) is 49.7. The maximum absolute atomic E-state index is 15.8. The molecule has 14 atom stereocenters. The molecule has 3 aliphatic rings. The number of primary amides is 3. The van der Waals surface area contributed by atoms with Gasteiger partial charge in [0.25, 0.3) is 0 Å². The lowest BCUT2D eigenvalue weighted by atomic mass is 9.99. The molecule has 43 heteroatoms. The molecule has 0 bridgehead atoms. The molecule has 3 fully saturated rings. The Hall–Kier alpha value is -13.2. The Kier molecular flexibility index (Phi) is 39.2. The first-order chi connectivity index (χ1) is 62.7. The Morgan fingerprint density at radius 1 is 0.492 bits per heavy atom. The number of carboxylic acid groups (broad SMARTS) is 1. The molecule has 18 amide bonds. The van der Waals surface area contributed by atoms with Crippen LogP contribution >= 0.6 is 11.8 Å². The van der Waals surface area contributed by atoms with E-state index in [2.05, 4.69) is 63.1 Å². The molecule has 0 saturated carbocycles. The number of para-hydroxylation sites is 2. The molecule has 132 heavy (non-hydrogen) atoms. The van der Waals surface area contributed by atoms with Gasteiger partial charge in [-0.15, -0.1) is 11.8 Å². The zero-order valence-corrected chi connectivity index (χ0v) is 76.3. The van der Waals surface area contributed by atoms with Crippen molar-refractivity contribution >= 4 is 146 Å². The number of nitrogens with two attached hydrogens (primary N) is 4. The Morgan fingerprint density at radius 2 is 0.955 bits per heavy atom. The molecule has 0 radical (unpaired) electrons. The molecule has 3 saturated heterocycles. The van der Waals surface area contributed by atoms with Crippen molar-refractivity contribution in [2.24, 2.45) is 28.9 Å². The van der Waals surface area contributed by atoms with Gasteiger partial charge in [-0.25, -0.2) is 0 Å². The second-order valence-corrected chi connectivity index (χ2v) is 35.0. The first kappa shape index (κ1) is 104. The molecule has 0 spiro atoms. The summed E-state index contributed by atoms with van der Waals surface area (Å²) in [5.41, 5.74) is 25.8. The number of benzene rings is 3. The number of H-pyrrole nitrogens is 2. The average Bonchev–Trinajstić information content (AvgIpc) is 1.66. The molecule has 1 unspecified atom stereocenters. The Balaban J connectivity index is 1.19. The van der Waals surface area contributed by atoms with E-state index in [1.165, 1.54) is 57.2 Å². The van der Waals surface area contributed by atoms with Crippen molar-refractivity contribution in [1.82, 2.24) is 87.6 Å². The van der Waals surface area contributed by atoms with Gasteiger partial charge in [0.2, 0.25) is 106 Å². The molecule has 5 aromatic rings. The minimum absolute atomic E-state index is 0.0150. The molecule has 8 rings (SSSR count). The maximum Gasteiger partial charge on any atom is 0.303 e. The molecule has 42 nitrogen and oxygen atoms in total. The van der Waals surface area contributed by atoms with Crippen molar-refractivity contribution in [2.75, 3.05) is 58.8 Å². The number of aromatic hydroxyl groups is 1. The zero-order chi connectivity index (χ0) is 96.9. The van der Waals surface area contributed by atoms with E-state index < -0.39 is 241 Å². The number of aromatic amines is 2. The lowest BCUT2D eigenvalue weighted by Crippen LogP contribution is -2.61. The van der Waals surface area contributed by atoms with Gasteiger partial charge in [0.05, 0.1) is 25.1 Å². The highest BCUT2D eigenvalue weighted by molar-refractivity contribution is 8.00. The van der Waals surface area contributed by atoms with E-state index in [1.807, 2.05) is 6.92 Å². The van der Waals surface area contributed by atoms with E-state index in [4.69, 9.17) is 22.9 Å². The van der Waals surface area contributed by atoms with E-state index in [1.54, 1.807) is 81.7 Å². The summed E-state index contributed by atoms with van der Waals surface area (Å²) in [5, 5.41) is 47.6. The third kappa shape index (κ3) is 29.1. The zero-order valence-electron chi connectivity index (χ0n) is 75.5. The summed E-state index contributed by atoms with van der Waals surface area (Å²) in [7, 11) is 3.85. The molecule has 5 heterocycles. The van der Waals surface area contributed by atoms with E-state index in [-0.39, 0.29) is 108 Å². The van der Waals surface area contributed by atoms with Gasteiger partial charge in [-0.05, 0) is 118 Å². The lowest BCUT2D eigenvalue weighted by Gasteiger charge is -2.36. The number of hydrogen-bond donors (Lipinski definition) is 18. The minimum atomic E-state index is -1.82. The fraction of sp³-hybridized carbons (Fsp3) is 0.539. The number of carbonyl (C=O) groups excluding carboxylic acids is 18. The number of phenolic OH excluding ortho intramolecular Hbond substituents is 1. The number of hydrogen-bond acceptors (Lipinski definition) is 22. The first-order valence-corrected chi connectivity index (χ1v) is 45.5. The number of carboxylic acids is 1. The summed E-state index contributed by atoms with van der Waals surface area (Å²) in [6.45, 7) is 7.18. The van der Waals surface area contributed by atoms with Crippen LogP contribution in [-0.4, -0.2) is 300 Å². The Morgan fingerprint density at radius 3 is 1.51 bits per heavy atom. The summed E-state index contributed by atoms with van der Waals surface area (Å²) in [5.74, 6) is -20.4. The van der Waals surface area contributed by atoms with Crippen molar-refractivity contribution in [2.45, 2.75) is 241 Å². The molecular formula is C89H125N21O21S. The van der Waals surface area contributed by atoms with Gasteiger partial charge >= 0.3 is 5.97 Å². The number of carbonyl (C=O) groups is 19. The number of rotatable bonds is 26. The third-order valence-corrected chi connectivity index (χ3v) is 24.7. The second-order valence-electron chi connectivity index (χ2n) is 34.0. The van der Waals surface area contributed by atoms with Crippen molar-refractivity contribution in [3.05, 3.63) is 102 Å². The quantitative estimate of drug-likeness (QED) is 0.0284. The van der Waals surface area contributed by atoms with E-state index >= 15 is 33.6 Å². The van der Waals surface area contributed by atoms with Crippen molar-refractivity contribution in [3.63, 3.8) is 0 Å². The van der Waals surface area contributed by atoms with E-state index in [9.17, 15) is 67.7 Å². The van der Waals surface area contributed by atoms with Gasteiger partial charge in [-0.1, -0.05) is 102 Å². The van der Waals surface area contributed by atoms with Crippen LogP contribution in [0.1, 0.15) is 154 Å². The SMILES string of the molecule is CCCC[C@H]1C(=O)N(C)[C@@H](CCCC)C(=O)N[C@@H](CCC(=O)O)C(=O)NC(C(=O)NCC(N)=O)CSCC(=O)N[C@@H](Cc2ccc(O)cc2)C(=O)N(C)[C@@H](C)C(=O)N[C@@H](CC(N)=O)C(=O)N2CCC[C@H]2C(=O)N[C@@H](CC(N)=O)C(=O)N[C@@H](CC(C)C)C(=O)N2CCC[C@H]2C(=O)N[C@@H](Cc2c[nH]c3ccccc23)C(=O)N[C@@H](CCN)C(=O)N[C@@H](Cc2c[nH]c3ccccc23)C(=O)N1C. The van der Waals surface area contributed by atoms with Crippen LogP contribution in [0, 0.1) is 5.92 Å². The minimum Gasteiger partial charge on any atom is -0.508 e. The van der Waals surface area contributed by atoms with Gasteiger partial charge in [0.15, 0.2) is 0 Å². The average molecular weight is 1860 g/mol. The van der Waals surface area contributed by atoms with Gasteiger partial charge in [-0.2, -0.15) is 0 Å². The van der Waals surface area contributed by atoms with Crippen LogP contribution in [0.25, 0.3) is 21.8 Å². The van der Waals surface area contributed by atoms with Crippen LogP contribution in [0.4, 0.5) is 0 Å². The maximum atomic E-state index is 15.8. The molecule has 3 aromatic carbocycles. The fourth-order valence-electron chi connectivity index (χ4n) is 16.4. The van der Waals surface area contributed by atoms with Crippen LogP contribution in [0.15, 0.2) is 85.2 Å². The van der Waals surface area contributed by atoms with Gasteiger partial charge < -0.3 is 121 Å². The predicted molar refractivity (Wildman–Crippen MR) is 484 cm³/mol. The third-order valence-electron chi connectivity index (χ3n) is 23.7. The number of phenols is 1. The molecule has 2 aromatic heterocycles. The summed E-state index contributed by atoms with van der Waals surface area (Å²) < 4.78 is 0. The summed E-state index contributed by atoms with van der Waals surface area (Å²) >= 11 is 0.706. The normalized spacial score (nSPS) is 24.5. The number of likely N-dealkylation sites (N-methyl/N-ethyl adjacent to an activating group) is 3. The fourth-order valence-corrected chi connectivity index (χ4v) is 17.2. The highest BCUT2D eigenvalue weighted by Crippen LogP contribution is 2.28. The van der Waals surface area contributed by atoms with Crippen molar-refractivity contribution in [1.29, 1.82) is 0 Å². The number of nitrogens with one attached hydrogen (secondary N) is 12. The summed E-state index contributed by atoms with van der Waals surface area (Å²) in [4.78, 5) is 286. The Bertz CT molecular complexity index is 5010. The number of thioether (sulfide) groups is 1. The lowest BCUT2D eigenvalue weighted by molar-refractivity contribution is -0.149. The molecular weight excluding hydrogens is 1730 g/mol. The number of unbranched alkanes of at least 4 members (excludes halogenated alkanes) is 2. The highest BCUT2D eigenvalue weighted by Gasteiger charge is 2.46. The van der Waals surface area contributed by atoms with E-state index in [0.717, 1.165) is 19.6 Å². The standard InChI is InChI=1S/C89H125N21O21S/c1-9-11-23-67-82(124)99-58(31-32-75(116)117)78(120)105-66(77(119)96-45-73(93)114)46-132-47-74(115)97-63(38-50-27-29-53(111)30-28-50)85(127)106(6)49(5)76(118)102-65(42-72(92)113)88(130)110-36-18-26-69(110)84(126)101-61(41-71(91)112)81(123)103-62(37-48(3)4)87(129)109-35-17-25-68(109)83(125)100-60(39-51-43-94-56-21-15-13-19-54(51)56)80(122)98-59(33-34-90)79(121)104-64(40-52-44-95-57-22-16-14-20-55(52)57)86(128)108(8)70(24-12-10-2)89(131)107(67)7/h13-16,19-22,27-30,43-44,48-49,58-70,94-95,111H,9-12,17-18,23-26,31-42,45-47,90H2,1-8H3,(H2,91,112)(H2,92,113)(H2,93,114)(H,96,119)(H,97,115)(H,98,122)(H,99,124)(H,100,125)(H,101,126)(H,102,118)(H,103,123)(H,104,121)(H,105,120)(H,116,117)/t49-,58-,59-,60-,61-,62-,63-,64-,65-,66?,67-,68-,69-,70-/m0/s1. The molecule has 718 valence electrons. The van der Waals surface area contributed by atoms with Crippen LogP contribution in [-0.2, 0) is 110 Å². The number of nitrogens with zero attached hydrogens (tertiary/aromatic N) is 5. The van der Waals surface area contributed by atoms with Crippen LogP contribution in [0.2, 0.25) is 0 Å². The van der Waals surface area contributed by atoms with E-state index in [0.29, 0.717) is 69.5 Å². The summed E-state index contributed by atoms with van der Waals surface area (Å²) in [6.07, 6.45) is 0.957. The number of aromatic nitrogens is 2. The summed E-state index contributed by atoms with van der Waals surface area (Å²) in [6, 6.07) is -2.16. The molecule has 0 aliphatic carbocycles. The number of fused-ring (bicyclic) bond motifs is 4. The Labute approximate surface area is 767 Å². The predicted octanol–water partition coefficient (Wildman–Crippen LogP) is -2.03. The monoisotopic (exact) mass is 1860 g/mol. The van der Waals surface area contributed by atoms with Gasteiger partial charge in [0, 0.05) is 99.9 Å². The van der Waals surface area contributed by atoms with Crippen molar-refractivity contribution < 1.29 is 101 Å². The van der Waals surface area contributed by atoms with Crippen LogP contribution in [0.5, 0.6) is 5.75 Å². The van der Waals surface area contributed by atoms with Crippen molar-refractivity contribution in [3.8, 4) is 5.75 Å². The molecule has 3 aliphatic heterocycles. The largest absolute Gasteiger partial charge is 0.508 e. The molecule has 22 N–H and O–H groups in total. The van der Waals surface area contributed by atoms with Crippen LogP contribution in [0.3, 0.4) is 0 Å². The van der Waals surface area contributed by atoms with Gasteiger partial charge in [0.1, 0.15) is 90.3 Å². The van der Waals surface area contributed by atoms with Crippen LogP contribution < -0.4 is 76.1 Å². The first-order valence-electron chi connectivity index (χ1n) is 44.4. The topological polar surface area (TPSA) is 637 Å². The highest BCUT2D eigenvalue weighted by atomic mass is 32.2. The van der Waals surface area contributed by atoms with Gasteiger partial charge in [-0.3, -0.25) is 91.1 Å². The number of aliphatic carboxylic acids is 1.